The first kappa shape index (κ1) is 19.3. The SMILES string of the molecule is NC(=O)C1[C@@H]2CN(C(=O)c3n[nH]c4c3CCC4)CC2CN1CCCc1ccccc1. The first-order valence-corrected chi connectivity index (χ1v) is 11.0. The fourth-order valence-electron chi connectivity index (χ4n) is 5.70. The molecule has 3 heterocycles. The monoisotopic (exact) mass is 407 g/mol. The van der Waals surface area contributed by atoms with Crippen LogP contribution in [-0.2, 0) is 24.1 Å². The van der Waals surface area contributed by atoms with Crippen molar-refractivity contribution in [2.24, 2.45) is 17.6 Å². The zero-order chi connectivity index (χ0) is 20.7. The van der Waals surface area contributed by atoms with Gasteiger partial charge in [-0.1, -0.05) is 30.3 Å². The Morgan fingerprint density at radius 2 is 1.97 bits per heavy atom. The van der Waals surface area contributed by atoms with E-state index in [1.807, 2.05) is 11.0 Å². The van der Waals surface area contributed by atoms with Gasteiger partial charge in [0, 0.05) is 36.8 Å². The maximum absolute atomic E-state index is 13.1. The second-order valence-electron chi connectivity index (χ2n) is 8.95. The highest BCUT2D eigenvalue weighted by atomic mass is 16.2. The predicted molar refractivity (Wildman–Crippen MR) is 113 cm³/mol. The molecular formula is C23H29N5O2. The molecule has 2 aromatic rings. The molecule has 2 unspecified atom stereocenters. The minimum absolute atomic E-state index is 0.00245. The van der Waals surface area contributed by atoms with Gasteiger partial charge in [-0.25, -0.2) is 0 Å². The van der Waals surface area contributed by atoms with Crippen molar-refractivity contribution in [2.45, 2.75) is 38.1 Å². The van der Waals surface area contributed by atoms with Gasteiger partial charge < -0.3 is 10.6 Å². The molecule has 0 saturated carbocycles. The van der Waals surface area contributed by atoms with E-state index in [0.29, 0.717) is 24.7 Å². The lowest BCUT2D eigenvalue weighted by atomic mass is 9.94. The average molecular weight is 408 g/mol. The molecule has 2 fully saturated rings. The zero-order valence-electron chi connectivity index (χ0n) is 17.2. The maximum Gasteiger partial charge on any atom is 0.274 e. The van der Waals surface area contributed by atoms with Crippen molar-refractivity contribution in [3.8, 4) is 0 Å². The molecule has 7 heteroatoms. The number of aryl methyl sites for hydroxylation is 2. The summed E-state index contributed by atoms with van der Waals surface area (Å²) < 4.78 is 0. The van der Waals surface area contributed by atoms with Crippen LogP contribution < -0.4 is 5.73 Å². The summed E-state index contributed by atoms with van der Waals surface area (Å²) in [5, 5.41) is 7.33. The van der Waals surface area contributed by atoms with Gasteiger partial charge in [-0.2, -0.15) is 5.10 Å². The highest BCUT2D eigenvalue weighted by molar-refractivity contribution is 5.94. The largest absolute Gasteiger partial charge is 0.368 e. The summed E-state index contributed by atoms with van der Waals surface area (Å²) in [5.41, 5.74) is 9.91. The van der Waals surface area contributed by atoms with Crippen LogP contribution >= 0.6 is 0 Å². The van der Waals surface area contributed by atoms with Crippen LogP contribution in [0.15, 0.2) is 30.3 Å². The Hall–Kier alpha value is -2.67. The number of carbonyl (C=O) groups is 2. The lowest BCUT2D eigenvalue weighted by molar-refractivity contribution is -0.123. The third-order valence-corrected chi connectivity index (χ3v) is 7.10. The standard InChI is InChI=1S/C23H29N5O2/c24-22(29)21-18-14-28(23(30)20-17-9-4-10-19(17)25-26-20)13-16(18)12-27(21)11-5-8-15-6-2-1-3-7-15/h1-3,6-7,16,18,21H,4-5,8-14H2,(H2,24,29)(H,25,26)/t16?,18-,21?/m1/s1. The van der Waals surface area contributed by atoms with Crippen LogP contribution in [0.4, 0.5) is 0 Å². The van der Waals surface area contributed by atoms with Crippen LogP contribution in [0.5, 0.6) is 0 Å². The number of aromatic nitrogens is 2. The molecule has 1 aromatic carbocycles. The van der Waals surface area contributed by atoms with Gasteiger partial charge in [0.15, 0.2) is 5.69 Å². The number of rotatable bonds is 6. The highest BCUT2D eigenvalue weighted by Gasteiger charge is 2.50. The van der Waals surface area contributed by atoms with Crippen molar-refractivity contribution < 1.29 is 9.59 Å². The molecule has 0 bridgehead atoms. The van der Waals surface area contributed by atoms with Crippen molar-refractivity contribution in [3.63, 3.8) is 0 Å². The summed E-state index contributed by atoms with van der Waals surface area (Å²) in [5.74, 6) is 0.158. The molecule has 30 heavy (non-hydrogen) atoms. The van der Waals surface area contributed by atoms with Crippen molar-refractivity contribution in [2.75, 3.05) is 26.2 Å². The molecule has 7 nitrogen and oxygen atoms in total. The molecule has 2 aliphatic heterocycles. The number of hydrogen-bond donors (Lipinski definition) is 2. The molecule has 3 atom stereocenters. The molecule has 1 aromatic heterocycles. The first-order valence-electron chi connectivity index (χ1n) is 11.0. The number of H-pyrrole nitrogens is 1. The van der Waals surface area contributed by atoms with Crippen LogP contribution in [-0.4, -0.2) is 64.0 Å². The smallest absolute Gasteiger partial charge is 0.274 e. The Morgan fingerprint density at radius 3 is 2.77 bits per heavy atom. The number of benzene rings is 1. The van der Waals surface area contributed by atoms with E-state index >= 15 is 0 Å². The Morgan fingerprint density at radius 1 is 1.13 bits per heavy atom. The van der Waals surface area contributed by atoms with Crippen LogP contribution in [0.1, 0.15) is 40.2 Å². The van der Waals surface area contributed by atoms with E-state index in [1.165, 1.54) is 5.56 Å². The second kappa shape index (κ2) is 7.87. The third kappa shape index (κ3) is 3.41. The number of likely N-dealkylation sites (tertiary alicyclic amines) is 2. The second-order valence-corrected chi connectivity index (χ2v) is 8.95. The van der Waals surface area contributed by atoms with Crippen LogP contribution in [0, 0.1) is 11.8 Å². The molecule has 0 radical (unpaired) electrons. The van der Waals surface area contributed by atoms with Crippen molar-refractivity contribution >= 4 is 11.8 Å². The molecule has 158 valence electrons. The zero-order valence-corrected chi connectivity index (χ0v) is 17.2. The van der Waals surface area contributed by atoms with Crippen molar-refractivity contribution in [3.05, 3.63) is 52.8 Å². The van der Waals surface area contributed by atoms with Crippen LogP contribution in [0.25, 0.3) is 0 Å². The van der Waals surface area contributed by atoms with Crippen LogP contribution in [0.3, 0.4) is 0 Å². The lowest BCUT2D eigenvalue weighted by Crippen LogP contribution is -2.46. The average Bonchev–Trinajstić information content (AvgIpc) is 3.48. The minimum Gasteiger partial charge on any atom is -0.368 e. The highest BCUT2D eigenvalue weighted by Crippen LogP contribution is 2.37. The minimum atomic E-state index is -0.284. The summed E-state index contributed by atoms with van der Waals surface area (Å²) in [6.45, 7) is 2.96. The van der Waals surface area contributed by atoms with Gasteiger partial charge in [-0.05, 0) is 50.1 Å². The number of carbonyl (C=O) groups excluding carboxylic acids is 2. The van der Waals surface area contributed by atoms with Crippen molar-refractivity contribution in [1.82, 2.24) is 20.0 Å². The van der Waals surface area contributed by atoms with E-state index in [-0.39, 0.29) is 23.8 Å². The van der Waals surface area contributed by atoms with Crippen LogP contribution in [0.2, 0.25) is 0 Å². The van der Waals surface area contributed by atoms with E-state index < -0.39 is 0 Å². The van der Waals surface area contributed by atoms with Gasteiger partial charge in [-0.15, -0.1) is 0 Å². The number of fused-ring (bicyclic) bond motifs is 2. The number of amides is 2. The number of aromatic amines is 1. The van der Waals surface area contributed by atoms with Gasteiger partial charge in [0.2, 0.25) is 5.91 Å². The topological polar surface area (TPSA) is 95.3 Å². The number of nitrogens with one attached hydrogen (secondary N) is 1. The fraction of sp³-hybridized carbons (Fsp3) is 0.522. The van der Waals surface area contributed by atoms with E-state index in [0.717, 1.165) is 56.5 Å². The van der Waals surface area contributed by atoms with Crippen molar-refractivity contribution in [1.29, 1.82) is 0 Å². The third-order valence-electron chi connectivity index (χ3n) is 7.10. The Kier molecular flexibility index (Phi) is 5.06. The van der Waals surface area contributed by atoms with E-state index in [2.05, 4.69) is 39.4 Å². The molecule has 3 aliphatic rings. The van der Waals surface area contributed by atoms with E-state index in [1.54, 1.807) is 0 Å². The van der Waals surface area contributed by atoms with E-state index in [4.69, 9.17) is 5.73 Å². The molecule has 2 saturated heterocycles. The molecule has 1 aliphatic carbocycles. The maximum atomic E-state index is 13.1. The Bertz CT molecular complexity index is 940. The van der Waals surface area contributed by atoms with Gasteiger partial charge in [0.25, 0.3) is 5.91 Å². The summed E-state index contributed by atoms with van der Waals surface area (Å²) in [6, 6.07) is 10.1. The normalized spacial score (nSPS) is 25.5. The fourth-order valence-corrected chi connectivity index (χ4v) is 5.70. The molecular weight excluding hydrogens is 378 g/mol. The van der Waals surface area contributed by atoms with E-state index in [9.17, 15) is 9.59 Å². The molecule has 3 N–H and O–H groups in total. The summed E-state index contributed by atoms with van der Waals surface area (Å²) in [7, 11) is 0. The lowest BCUT2D eigenvalue weighted by Gasteiger charge is -2.27. The number of nitrogens with zero attached hydrogens (tertiary/aromatic N) is 3. The quantitative estimate of drug-likeness (QED) is 0.756. The molecule has 0 spiro atoms. The van der Waals surface area contributed by atoms with Gasteiger partial charge in [0.05, 0.1) is 6.04 Å². The predicted octanol–water partition coefficient (Wildman–Crippen LogP) is 1.39. The molecule has 5 rings (SSSR count). The van der Waals surface area contributed by atoms with Gasteiger partial charge in [0.1, 0.15) is 0 Å². The number of primary amides is 1. The molecule has 2 amide bonds. The first-order chi connectivity index (χ1) is 14.6. The Labute approximate surface area is 176 Å². The van der Waals surface area contributed by atoms with Gasteiger partial charge in [-0.3, -0.25) is 19.6 Å². The summed E-state index contributed by atoms with van der Waals surface area (Å²) in [4.78, 5) is 29.5. The Balaban J connectivity index is 1.23. The number of nitrogens with two attached hydrogens (primary N) is 1. The summed E-state index contributed by atoms with van der Waals surface area (Å²) >= 11 is 0. The summed E-state index contributed by atoms with van der Waals surface area (Å²) in [6.07, 6.45) is 4.97. The van der Waals surface area contributed by atoms with Gasteiger partial charge >= 0.3 is 0 Å². The number of hydrogen-bond acceptors (Lipinski definition) is 4.